The monoisotopic (exact) mass is 271 g/mol. The molecule has 98 valence electrons. The van der Waals surface area contributed by atoms with Crippen molar-refractivity contribution in [2.75, 3.05) is 16.8 Å². The third-order valence-corrected chi connectivity index (χ3v) is 4.75. The number of carbonyl (C=O) groups is 1. The highest BCUT2D eigenvalue weighted by molar-refractivity contribution is 7.91. The van der Waals surface area contributed by atoms with Crippen LogP contribution in [0.25, 0.3) is 0 Å². The number of anilines is 1. The van der Waals surface area contributed by atoms with Gasteiger partial charge in [-0.15, -0.1) is 0 Å². The van der Waals surface area contributed by atoms with Crippen LogP contribution in [-0.4, -0.2) is 25.8 Å². The Hall–Kier alpha value is -1.43. The lowest BCUT2D eigenvalue weighted by Gasteiger charge is -2.10. The Morgan fingerprint density at radius 1 is 1.44 bits per heavy atom. The van der Waals surface area contributed by atoms with Gasteiger partial charge < -0.3 is 5.32 Å². The van der Waals surface area contributed by atoms with Crippen LogP contribution in [0.15, 0.2) is 18.2 Å². The minimum absolute atomic E-state index is 0.0292. The van der Waals surface area contributed by atoms with Crippen LogP contribution in [0.2, 0.25) is 0 Å². The summed E-state index contributed by atoms with van der Waals surface area (Å²) in [6.07, 6.45) is 0.307. The zero-order valence-electron chi connectivity index (χ0n) is 9.94. The molecule has 1 aromatic carbocycles. The summed E-state index contributed by atoms with van der Waals surface area (Å²) in [6.45, 7) is 1.75. The van der Waals surface area contributed by atoms with E-state index in [4.69, 9.17) is 0 Å². The number of halogens is 1. The van der Waals surface area contributed by atoms with Crippen LogP contribution < -0.4 is 5.32 Å². The fourth-order valence-electron chi connectivity index (χ4n) is 1.96. The first-order valence-corrected chi connectivity index (χ1v) is 7.47. The summed E-state index contributed by atoms with van der Waals surface area (Å²) in [7, 11) is -3.10. The first-order valence-electron chi connectivity index (χ1n) is 5.65. The smallest absolute Gasteiger partial charge is 0.228 e. The van der Waals surface area contributed by atoms with Gasteiger partial charge in [0.15, 0.2) is 9.84 Å². The van der Waals surface area contributed by atoms with Gasteiger partial charge in [0.25, 0.3) is 0 Å². The molecule has 1 fully saturated rings. The Labute approximate surface area is 105 Å². The molecule has 1 N–H and O–H groups in total. The lowest BCUT2D eigenvalue weighted by atomic mass is 10.1. The molecule has 0 aliphatic carbocycles. The van der Waals surface area contributed by atoms with Crippen molar-refractivity contribution >= 4 is 21.4 Å². The summed E-state index contributed by atoms with van der Waals surface area (Å²) in [4.78, 5) is 11.8. The van der Waals surface area contributed by atoms with E-state index in [0.29, 0.717) is 6.42 Å². The Bertz CT molecular complexity index is 583. The van der Waals surface area contributed by atoms with Crippen molar-refractivity contribution in [3.8, 4) is 0 Å². The maximum absolute atomic E-state index is 13.5. The SMILES string of the molecule is Cc1ccc(NC(=O)C2CCS(=O)(=O)C2)c(F)c1. The lowest BCUT2D eigenvalue weighted by Crippen LogP contribution is -2.24. The molecule has 0 bridgehead atoms. The number of nitrogens with one attached hydrogen (secondary N) is 1. The summed E-state index contributed by atoms with van der Waals surface area (Å²) in [5.74, 6) is -1.63. The average molecular weight is 271 g/mol. The maximum Gasteiger partial charge on any atom is 0.228 e. The van der Waals surface area contributed by atoms with E-state index in [2.05, 4.69) is 5.32 Å². The highest BCUT2D eigenvalue weighted by Crippen LogP contribution is 2.22. The maximum atomic E-state index is 13.5. The molecule has 1 aromatic rings. The highest BCUT2D eigenvalue weighted by atomic mass is 32.2. The van der Waals surface area contributed by atoms with E-state index in [-0.39, 0.29) is 17.2 Å². The van der Waals surface area contributed by atoms with Crippen molar-refractivity contribution in [1.29, 1.82) is 0 Å². The van der Waals surface area contributed by atoms with Crippen molar-refractivity contribution < 1.29 is 17.6 Å². The van der Waals surface area contributed by atoms with Crippen LogP contribution in [0.1, 0.15) is 12.0 Å². The number of hydrogen-bond donors (Lipinski definition) is 1. The lowest BCUT2D eigenvalue weighted by molar-refractivity contribution is -0.119. The quantitative estimate of drug-likeness (QED) is 0.886. The molecule has 0 radical (unpaired) electrons. The van der Waals surface area contributed by atoms with Gasteiger partial charge in [-0.1, -0.05) is 6.07 Å². The molecule has 2 rings (SSSR count). The van der Waals surface area contributed by atoms with Gasteiger partial charge in [-0.2, -0.15) is 0 Å². The number of amides is 1. The first kappa shape index (κ1) is 13.0. The van der Waals surface area contributed by atoms with Crippen molar-refractivity contribution in [2.24, 2.45) is 5.92 Å². The van der Waals surface area contributed by atoms with Crippen molar-refractivity contribution in [3.05, 3.63) is 29.6 Å². The van der Waals surface area contributed by atoms with Crippen LogP contribution in [0.5, 0.6) is 0 Å². The van der Waals surface area contributed by atoms with Crippen LogP contribution in [0, 0.1) is 18.7 Å². The second-order valence-corrected chi connectivity index (χ2v) is 6.80. The second kappa shape index (κ2) is 4.68. The molecule has 1 aliphatic heterocycles. The average Bonchev–Trinajstić information content (AvgIpc) is 2.63. The first-order chi connectivity index (χ1) is 8.37. The zero-order chi connectivity index (χ0) is 13.3. The number of sulfone groups is 1. The molecule has 6 heteroatoms. The minimum Gasteiger partial charge on any atom is -0.323 e. The third-order valence-electron chi connectivity index (χ3n) is 2.99. The molecule has 1 amide bonds. The van der Waals surface area contributed by atoms with E-state index in [0.717, 1.165) is 5.56 Å². The highest BCUT2D eigenvalue weighted by Gasteiger charge is 2.33. The molecule has 1 heterocycles. The number of hydrogen-bond acceptors (Lipinski definition) is 3. The molecule has 1 aliphatic rings. The van der Waals surface area contributed by atoms with Crippen molar-refractivity contribution in [1.82, 2.24) is 0 Å². The van der Waals surface area contributed by atoms with Gasteiger partial charge >= 0.3 is 0 Å². The third kappa shape index (κ3) is 2.87. The van der Waals surface area contributed by atoms with E-state index in [9.17, 15) is 17.6 Å². The number of rotatable bonds is 2. The Balaban J connectivity index is 2.08. The Kier molecular flexibility index (Phi) is 3.38. The van der Waals surface area contributed by atoms with E-state index in [1.54, 1.807) is 13.0 Å². The van der Waals surface area contributed by atoms with E-state index in [1.165, 1.54) is 12.1 Å². The molecule has 0 aromatic heterocycles. The van der Waals surface area contributed by atoms with Crippen LogP contribution in [0.4, 0.5) is 10.1 Å². The predicted octanol–water partition coefficient (Wildman–Crippen LogP) is 1.51. The molecule has 18 heavy (non-hydrogen) atoms. The normalized spacial score (nSPS) is 21.8. The van der Waals surface area contributed by atoms with E-state index < -0.39 is 27.5 Å². The van der Waals surface area contributed by atoms with Crippen LogP contribution >= 0.6 is 0 Å². The van der Waals surface area contributed by atoms with E-state index >= 15 is 0 Å². The predicted molar refractivity (Wildman–Crippen MR) is 66.5 cm³/mol. The fourth-order valence-corrected chi connectivity index (χ4v) is 3.70. The van der Waals surface area contributed by atoms with Gasteiger partial charge in [-0.05, 0) is 31.0 Å². The van der Waals surface area contributed by atoms with Crippen LogP contribution in [-0.2, 0) is 14.6 Å². The molecule has 1 unspecified atom stereocenters. The molecule has 0 saturated carbocycles. The molecule has 1 atom stereocenters. The van der Waals surface area contributed by atoms with Gasteiger partial charge in [0, 0.05) is 0 Å². The second-order valence-electron chi connectivity index (χ2n) is 4.57. The summed E-state index contributed by atoms with van der Waals surface area (Å²) < 4.78 is 36.0. The summed E-state index contributed by atoms with van der Waals surface area (Å²) in [5, 5.41) is 2.44. The molecule has 0 spiro atoms. The summed E-state index contributed by atoms with van der Waals surface area (Å²) >= 11 is 0. The standard InChI is InChI=1S/C12H14FNO3S/c1-8-2-3-11(10(13)6-8)14-12(15)9-4-5-18(16,17)7-9/h2-3,6,9H,4-5,7H2,1H3,(H,14,15). The number of benzene rings is 1. The van der Waals surface area contributed by atoms with Gasteiger partial charge in [0.2, 0.25) is 5.91 Å². The number of aryl methyl sites for hydroxylation is 1. The Morgan fingerprint density at radius 2 is 2.17 bits per heavy atom. The molecule has 1 saturated heterocycles. The van der Waals surface area contributed by atoms with Gasteiger partial charge in [-0.25, -0.2) is 12.8 Å². The van der Waals surface area contributed by atoms with E-state index in [1.807, 2.05) is 0 Å². The van der Waals surface area contributed by atoms with Crippen molar-refractivity contribution in [3.63, 3.8) is 0 Å². The minimum atomic E-state index is -3.10. The number of carbonyl (C=O) groups excluding carboxylic acids is 1. The summed E-state index contributed by atoms with van der Waals surface area (Å²) in [6, 6.07) is 4.48. The topological polar surface area (TPSA) is 63.2 Å². The van der Waals surface area contributed by atoms with Crippen LogP contribution in [0.3, 0.4) is 0 Å². The molecular weight excluding hydrogens is 257 g/mol. The van der Waals surface area contributed by atoms with Gasteiger partial charge in [0.05, 0.1) is 23.1 Å². The van der Waals surface area contributed by atoms with Gasteiger partial charge in [-0.3, -0.25) is 4.79 Å². The van der Waals surface area contributed by atoms with Crippen molar-refractivity contribution in [2.45, 2.75) is 13.3 Å². The zero-order valence-corrected chi connectivity index (χ0v) is 10.8. The molecular formula is C12H14FNO3S. The largest absolute Gasteiger partial charge is 0.323 e. The Morgan fingerprint density at radius 3 is 2.72 bits per heavy atom. The summed E-state index contributed by atoms with van der Waals surface area (Å²) in [5.41, 5.74) is 0.851. The molecule has 4 nitrogen and oxygen atoms in total. The van der Waals surface area contributed by atoms with Gasteiger partial charge in [0.1, 0.15) is 5.82 Å². The fraction of sp³-hybridized carbons (Fsp3) is 0.417.